The van der Waals surface area contributed by atoms with E-state index in [4.69, 9.17) is 11.6 Å². The van der Waals surface area contributed by atoms with Gasteiger partial charge in [-0.3, -0.25) is 0 Å². The second kappa shape index (κ2) is 8.36. The highest BCUT2D eigenvalue weighted by Gasteiger charge is 2.06. The highest BCUT2D eigenvalue weighted by Crippen LogP contribution is 2.04. The Balaban J connectivity index is 3.33. The van der Waals surface area contributed by atoms with Crippen molar-refractivity contribution in [3.63, 3.8) is 0 Å². The van der Waals surface area contributed by atoms with Crippen molar-refractivity contribution in [1.29, 1.82) is 0 Å². The summed E-state index contributed by atoms with van der Waals surface area (Å²) in [7, 11) is -2.79. The maximum atomic E-state index is 11.1. The van der Waals surface area contributed by atoms with E-state index in [1.54, 1.807) is 6.92 Å². The maximum Gasteiger partial charge on any atom is 0.150 e. The quantitative estimate of drug-likeness (QED) is 0.505. The first kappa shape index (κ1) is 15.2. The van der Waals surface area contributed by atoms with Gasteiger partial charge in [-0.15, -0.1) is 11.6 Å². The van der Waals surface area contributed by atoms with Crippen LogP contribution < -0.4 is 5.32 Å². The molecule has 0 heterocycles. The molecule has 0 saturated heterocycles. The van der Waals surface area contributed by atoms with Gasteiger partial charge in [-0.05, 0) is 32.4 Å². The van der Waals surface area contributed by atoms with Gasteiger partial charge in [0.2, 0.25) is 0 Å². The van der Waals surface area contributed by atoms with Gasteiger partial charge in [0.25, 0.3) is 0 Å². The minimum atomic E-state index is -2.79. The van der Waals surface area contributed by atoms with Crippen LogP contribution in [0.1, 0.15) is 33.1 Å². The highest BCUT2D eigenvalue weighted by atomic mass is 35.5. The molecule has 0 amide bonds. The second-order valence-corrected chi connectivity index (χ2v) is 6.72. The summed E-state index contributed by atoms with van der Waals surface area (Å²) in [6.45, 7) is 5.37. The van der Waals surface area contributed by atoms with Gasteiger partial charge in [0.15, 0.2) is 0 Å². The van der Waals surface area contributed by atoms with Crippen LogP contribution in [0.3, 0.4) is 0 Å². The Morgan fingerprint density at radius 3 is 2.47 bits per heavy atom. The predicted octanol–water partition coefficient (Wildman–Crippen LogP) is 1.81. The number of hydrogen-bond acceptors (Lipinski definition) is 3. The SMILES string of the molecule is CCC(Cl)CCNCCCS(=O)(=O)CC. The van der Waals surface area contributed by atoms with Gasteiger partial charge in [-0.25, -0.2) is 8.42 Å². The Morgan fingerprint density at radius 1 is 1.27 bits per heavy atom. The van der Waals surface area contributed by atoms with Crippen molar-refractivity contribution in [2.24, 2.45) is 0 Å². The second-order valence-electron chi connectivity index (χ2n) is 3.63. The summed E-state index contributed by atoms with van der Waals surface area (Å²) in [5.74, 6) is 0.529. The van der Waals surface area contributed by atoms with Gasteiger partial charge in [-0.1, -0.05) is 13.8 Å². The summed E-state index contributed by atoms with van der Waals surface area (Å²) >= 11 is 5.94. The largest absolute Gasteiger partial charge is 0.317 e. The van der Waals surface area contributed by atoms with Gasteiger partial charge in [0, 0.05) is 11.1 Å². The standard InChI is InChI=1S/C10H22ClNO2S/c1-3-10(11)6-8-12-7-5-9-15(13,14)4-2/h10,12H,3-9H2,1-2H3. The van der Waals surface area contributed by atoms with Gasteiger partial charge < -0.3 is 5.32 Å². The summed E-state index contributed by atoms with van der Waals surface area (Å²) in [4.78, 5) is 0. The fourth-order valence-electron chi connectivity index (χ4n) is 1.15. The molecule has 0 aromatic heterocycles. The molecule has 3 nitrogen and oxygen atoms in total. The molecule has 0 rings (SSSR count). The van der Waals surface area contributed by atoms with Gasteiger partial charge in [-0.2, -0.15) is 0 Å². The van der Waals surface area contributed by atoms with E-state index in [2.05, 4.69) is 12.2 Å². The Kier molecular flexibility index (Phi) is 8.47. The first-order valence-electron chi connectivity index (χ1n) is 5.57. The van der Waals surface area contributed by atoms with Crippen molar-refractivity contribution in [3.8, 4) is 0 Å². The summed E-state index contributed by atoms with van der Waals surface area (Å²) in [5.41, 5.74) is 0. The van der Waals surface area contributed by atoms with Crippen molar-refractivity contribution < 1.29 is 8.42 Å². The molecule has 0 radical (unpaired) electrons. The Hall–Kier alpha value is 0.200. The zero-order valence-corrected chi connectivity index (χ0v) is 11.2. The first-order chi connectivity index (χ1) is 7.02. The van der Waals surface area contributed by atoms with E-state index in [0.29, 0.717) is 6.42 Å². The molecule has 0 aromatic carbocycles. The Labute approximate surface area is 98.5 Å². The van der Waals surface area contributed by atoms with E-state index in [-0.39, 0.29) is 16.9 Å². The molecule has 0 fully saturated rings. The lowest BCUT2D eigenvalue weighted by Gasteiger charge is -2.07. The van der Waals surface area contributed by atoms with Crippen LogP contribution in [0.2, 0.25) is 0 Å². The third-order valence-electron chi connectivity index (χ3n) is 2.33. The van der Waals surface area contributed by atoms with E-state index in [9.17, 15) is 8.42 Å². The van der Waals surface area contributed by atoms with Crippen molar-refractivity contribution in [2.75, 3.05) is 24.6 Å². The number of sulfone groups is 1. The molecule has 0 spiro atoms. The smallest absolute Gasteiger partial charge is 0.150 e. The van der Waals surface area contributed by atoms with E-state index in [1.165, 1.54) is 0 Å². The van der Waals surface area contributed by atoms with Crippen molar-refractivity contribution >= 4 is 21.4 Å². The molecule has 0 aliphatic rings. The van der Waals surface area contributed by atoms with Crippen LogP contribution in [0, 0.1) is 0 Å². The zero-order valence-electron chi connectivity index (χ0n) is 9.63. The summed E-state index contributed by atoms with van der Waals surface area (Å²) in [6.07, 6.45) is 2.61. The van der Waals surface area contributed by atoms with Gasteiger partial charge in [0.1, 0.15) is 9.84 Å². The van der Waals surface area contributed by atoms with Gasteiger partial charge >= 0.3 is 0 Å². The molecule has 15 heavy (non-hydrogen) atoms. The van der Waals surface area contributed by atoms with E-state index in [1.807, 2.05) is 0 Å². The van der Waals surface area contributed by atoms with Crippen LogP contribution in [0.4, 0.5) is 0 Å². The topological polar surface area (TPSA) is 46.2 Å². The normalized spacial score (nSPS) is 14.1. The minimum absolute atomic E-state index is 0.233. The zero-order chi connectivity index (χ0) is 11.7. The number of rotatable bonds is 9. The van der Waals surface area contributed by atoms with Crippen LogP contribution >= 0.6 is 11.6 Å². The third-order valence-corrected chi connectivity index (χ3v) is 4.64. The van der Waals surface area contributed by atoms with Crippen molar-refractivity contribution in [1.82, 2.24) is 5.32 Å². The van der Waals surface area contributed by atoms with Crippen LogP contribution in [0.15, 0.2) is 0 Å². The molecule has 1 unspecified atom stereocenters. The lowest BCUT2D eigenvalue weighted by atomic mass is 10.2. The summed E-state index contributed by atoms with van der Waals surface area (Å²) in [6, 6.07) is 0. The Bertz CT molecular complexity index is 242. The summed E-state index contributed by atoms with van der Waals surface area (Å²) < 4.78 is 22.3. The molecule has 0 saturated carbocycles. The lowest BCUT2D eigenvalue weighted by Crippen LogP contribution is -2.22. The first-order valence-corrected chi connectivity index (χ1v) is 7.82. The number of hydrogen-bond donors (Lipinski definition) is 1. The average Bonchev–Trinajstić information content (AvgIpc) is 2.22. The average molecular weight is 256 g/mol. The fourth-order valence-corrected chi connectivity index (χ4v) is 2.13. The molecule has 0 aliphatic heterocycles. The van der Waals surface area contributed by atoms with Crippen molar-refractivity contribution in [2.45, 2.75) is 38.5 Å². The molecule has 0 aliphatic carbocycles. The van der Waals surface area contributed by atoms with Crippen molar-refractivity contribution in [3.05, 3.63) is 0 Å². The van der Waals surface area contributed by atoms with Crippen LogP contribution in [-0.4, -0.2) is 38.4 Å². The number of halogens is 1. The highest BCUT2D eigenvalue weighted by molar-refractivity contribution is 7.91. The van der Waals surface area contributed by atoms with Gasteiger partial charge in [0.05, 0.1) is 5.75 Å². The maximum absolute atomic E-state index is 11.1. The monoisotopic (exact) mass is 255 g/mol. The van der Waals surface area contributed by atoms with E-state index in [0.717, 1.165) is 25.9 Å². The minimum Gasteiger partial charge on any atom is -0.317 e. The lowest BCUT2D eigenvalue weighted by molar-refractivity contribution is 0.584. The summed E-state index contributed by atoms with van der Waals surface area (Å²) in [5, 5.41) is 3.43. The molecule has 1 N–H and O–H groups in total. The van der Waals surface area contributed by atoms with E-state index < -0.39 is 9.84 Å². The number of alkyl halides is 1. The van der Waals surface area contributed by atoms with E-state index >= 15 is 0 Å². The molecule has 0 bridgehead atoms. The van der Waals surface area contributed by atoms with Crippen LogP contribution in [0.25, 0.3) is 0 Å². The molecule has 1 atom stereocenters. The molecular formula is C10H22ClNO2S. The molecule has 0 aromatic rings. The molecule has 92 valence electrons. The Morgan fingerprint density at radius 2 is 1.93 bits per heavy atom. The molecule has 5 heteroatoms. The third kappa shape index (κ3) is 9.15. The fraction of sp³-hybridized carbons (Fsp3) is 1.00. The van der Waals surface area contributed by atoms with Crippen LogP contribution in [-0.2, 0) is 9.84 Å². The number of nitrogens with one attached hydrogen (secondary N) is 1. The predicted molar refractivity (Wildman–Crippen MR) is 66.4 cm³/mol. The van der Waals surface area contributed by atoms with Crippen LogP contribution in [0.5, 0.6) is 0 Å². The molecular weight excluding hydrogens is 234 g/mol.